The Morgan fingerprint density at radius 1 is 0.906 bits per heavy atom. The zero-order chi connectivity index (χ0) is 21.8. The minimum Gasteiger partial charge on any atom is -0.480 e. The molecule has 0 saturated heterocycles. The Kier molecular flexibility index (Phi) is 4.45. The summed E-state index contributed by atoms with van der Waals surface area (Å²) in [6.45, 7) is 0. The highest BCUT2D eigenvalue weighted by Crippen LogP contribution is 2.51. The van der Waals surface area contributed by atoms with Crippen molar-refractivity contribution in [2.75, 3.05) is 5.32 Å². The Bertz CT molecular complexity index is 1370. The maximum atomic E-state index is 13.7. The van der Waals surface area contributed by atoms with Crippen LogP contribution in [0.15, 0.2) is 78.6 Å². The van der Waals surface area contributed by atoms with E-state index in [4.69, 9.17) is 27.9 Å². The molecule has 0 radical (unpaired) electrons. The zero-order valence-electron chi connectivity index (χ0n) is 16.5. The Morgan fingerprint density at radius 2 is 1.62 bits per heavy atom. The van der Waals surface area contributed by atoms with Crippen LogP contribution in [0.2, 0.25) is 10.0 Å². The molecule has 0 spiro atoms. The number of nitrogens with one attached hydrogen (secondary N) is 1. The van der Waals surface area contributed by atoms with Crippen molar-refractivity contribution < 1.29 is 9.13 Å². The van der Waals surface area contributed by atoms with E-state index in [1.807, 2.05) is 36.4 Å². The number of anilines is 1. The van der Waals surface area contributed by atoms with E-state index in [1.54, 1.807) is 22.9 Å². The van der Waals surface area contributed by atoms with Crippen LogP contribution in [0.3, 0.4) is 0 Å². The zero-order valence-corrected chi connectivity index (χ0v) is 18.0. The van der Waals surface area contributed by atoms with Gasteiger partial charge in [-0.05, 0) is 53.6 Å². The van der Waals surface area contributed by atoms with Crippen LogP contribution in [0.4, 0.5) is 10.3 Å². The standard InChI is InChI=1S/C24H15Cl2FN4O/c25-15-5-1-14(2-6-15)23-20-21(18-11-16(26)7-10-19(18)32-23)30-24-28-12-29-31(24)22(20)13-3-8-17(27)9-4-13/h1-12,22-23H,(H,28,29,30)/t22-,23-/m1/s1. The van der Waals surface area contributed by atoms with Crippen molar-refractivity contribution >= 4 is 34.8 Å². The van der Waals surface area contributed by atoms with Crippen LogP contribution in [0.1, 0.15) is 28.8 Å². The molecule has 3 heterocycles. The van der Waals surface area contributed by atoms with E-state index >= 15 is 0 Å². The molecule has 5 nitrogen and oxygen atoms in total. The largest absolute Gasteiger partial charge is 0.480 e. The van der Waals surface area contributed by atoms with Crippen molar-refractivity contribution in [3.05, 3.63) is 111 Å². The van der Waals surface area contributed by atoms with Gasteiger partial charge in [0.25, 0.3) is 0 Å². The number of fused-ring (bicyclic) bond motifs is 3. The molecular weight excluding hydrogens is 450 g/mol. The molecule has 0 aliphatic carbocycles. The first-order valence-electron chi connectivity index (χ1n) is 9.96. The summed E-state index contributed by atoms with van der Waals surface area (Å²) in [4.78, 5) is 4.39. The van der Waals surface area contributed by atoms with Gasteiger partial charge in [0, 0.05) is 21.2 Å². The van der Waals surface area contributed by atoms with Gasteiger partial charge >= 0.3 is 0 Å². The Labute approximate surface area is 193 Å². The normalized spacial score (nSPS) is 18.8. The molecule has 32 heavy (non-hydrogen) atoms. The minimum absolute atomic E-state index is 0.304. The lowest BCUT2D eigenvalue weighted by Gasteiger charge is -2.39. The lowest BCUT2D eigenvalue weighted by molar-refractivity contribution is 0.223. The SMILES string of the molecule is Fc1ccc([C@@H]2C3=C(Nc4ncnn42)c2cc(Cl)ccc2O[C@@H]3c2ccc(Cl)cc2)cc1. The average Bonchev–Trinajstić information content (AvgIpc) is 3.27. The van der Waals surface area contributed by atoms with Gasteiger partial charge in [-0.3, -0.25) is 0 Å². The molecule has 8 heteroatoms. The lowest BCUT2D eigenvalue weighted by atomic mass is 9.84. The van der Waals surface area contributed by atoms with Gasteiger partial charge in [0.2, 0.25) is 5.95 Å². The first-order chi connectivity index (χ1) is 15.6. The topological polar surface area (TPSA) is 52.0 Å². The Balaban J connectivity index is 1.63. The summed E-state index contributed by atoms with van der Waals surface area (Å²) in [6.07, 6.45) is 1.06. The molecule has 0 bridgehead atoms. The van der Waals surface area contributed by atoms with Crippen LogP contribution in [0.25, 0.3) is 5.70 Å². The van der Waals surface area contributed by atoms with Crippen molar-refractivity contribution in [2.24, 2.45) is 0 Å². The number of halogens is 3. The van der Waals surface area contributed by atoms with Crippen LogP contribution >= 0.6 is 23.2 Å². The molecule has 2 atom stereocenters. The maximum absolute atomic E-state index is 13.7. The quantitative estimate of drug-likeness (QED) is 0.379. The minimum atomic E-state index is -0.434. The van der Waals surface area contributed by atoms with E-state index in [9.17, 15) is 4.39 Å². The van der Waals surface area contributed by atoms with Crippen LogP contribution in [0, 0.1) is 5.82 Å². The van der Waals surface area contributed by atoms with E-state index < -0.39 is 6.10 Å². The molecule has 0 unspecified atom stereocenters. The van der Waals surface area contributed by atoms with E-state index in [0.29, 0.717) is 21.7 Å². The summed E-state index contributed by atoms with van der Waals surface area (Å²) >= 11 is 12.5. The van der Waals surface area contributed by atoms with Crippen molar-refractivity contribution in [1.29, 1.82) is 0 Å². The van der Waals surface area contributed by atoms with E-state index in [2.05, 4.69) is 15.4 Å². The van der Waals surface area contributed by atoms with E-state index in [-0.39, 0.29) is 11.9 Å². The number of ether oxygens (including phenoxy) is 1. The number of hydrogen-bond acceptors (Lipinski definition) is 4. The monoisotopic (exact) mass is 464 g/mol. The number of rotatable bonds is 2. The van der Waals surface area contributed by atoms with Crippen LogP contribution in [0.5, 0.6) is 5.75 Å². The second-order valence-corrected chi connectivity index (χ2v) is 8.50. The second kappa shape index (κ2) is 7.36. The second-order valence-electron chi connectivity index (χ2n) is 7.63. The summed E-state index contributed by atoms with van der Waals surface area (Å²) < 4.78 is 22.0. The first kappa shape index (κ1) is 19.3. The third-order valence-corrected chi connectivity index (χ3v) is 6.22. The molecule has 158 valence electrons. The summed E-state index contributed by atoms with van der Waals surface area (Å²) in [5.41, 5.74) is 4.40. The van der Waals surface area contributed by atoms with Gasteiger partial charge in [0.15, 0.2) is 0 Å². The molecule has 0 amide bonds. The third-order valence-electron chi connectivity index (χ3n) is 5.73. The maximum Gasteiger partial charge on any atom is 0.226 e. The fraction of sp³-hybridized carbons (Fsp3) is 0.0833. The van der Waals surface area contributed by atoms with Gasteiger partial charge < -0.3 is 10.1 Å². The molecule has 4 aromatic rings. The number of hydrogen-bond donors (Lipinski definition) is 1. The highest BCUT2D eigenvalue weighted by molar-refractivity contribution is 6.31. The number of nitrogens with zero attached hydrogens (tertiary/aromatic N) is 3. The van der Waals surface area contributed by atoms with Crippen molar-refractivity contribution in [1.82, 2.24) is 14.8 Å². The highest BCUT2D eigenvalue weighted by Gasteiger charge is 2.41. The summed E-state index contributed by atoms with van der Waals surface area (Å²) in [7, 11) is 0. The van der Waals surface area contributed by atoms with Gasteiger partial charge in [-0.2, -0.15) is 10.1 Å². The molecule has 1 N–H and O–H groups in total. The molecule has 1 aromatic heterocycles. The molecular formula is C24H15Cl2FN4O. The van der Waals surface area contributed by atoms with Gasteiger partial charge in [-0.15, -0.1) is 0 Å². The smallest absolute Gasteiger partial charge is 0.226 e. The van der Waals surface area contributed by atoms with Gasteiger partial charge in [-0.1, -0.05) is 47.5 Å². The molecule has 2 aliphatic rings. The fourth-order valence-corrected chi connectivity index (χ4v) is 4.62. The van der Waals surface area contributed by atoms with Crippen molar-refractivity contribution in [3.8, 4) is 5.75 Å². The predicted octanol–water partition coefficient (Wildman–Crippen LogP) is 6.28. The lowest BCUT2D eigenvalue weighted by Crippen LogP contribution is -2.32. The Morgan fingerprint density at radius 3 is 2.41 bits per heavy atom. The van der Waals surface area contributed by atoms with Gasteiger partial charge in [0.05, 0.1) is 5.70 Å². The third kappa shape index (κ3) is 3.06. The first-order valence-corrected chi connectivity index (χ1v) is 10.7. The molecule has 0 saturated carbocycles. The highest BCUT2D eigenvalue weighted by atomic mass is 35.5. The fourth-order valence-electron chi connectivity index (χ4n) is 4.32. The van der Waals surface area contributed by atoms with E-state index in [0.717, 1.165) is 28.0 Å². The molecule has 2 aliphatic heterocycles. The van der Waals surface area contributed by atoms with Crippen LogP contribution in [-0.2, 0) is 0 Å². The summed E-state index contributed by atoms with van der Waals surface area (Å²) in [6, 6.07) is 19.1. The van der Waals surface area contributed by atoms with E-state index in [1.165, 1.54) is 18.5 Å². The number of aromatic nitrogens is 3. The predicted molar refractivity (Wildman–Crippen MR) is 121 cm³/mol. The average molecular weight is 465 g/mol. The summed E-state index contributed by atoms with van der Waals surface area (Å²) in [5.74, 6) is 0.981. The molecule has 6 rings (SSSR count). The van der Waals surface area contributed by atoms with Gasteiger partial charge in [-0.25, -0.2) is 9.07 Å². The van der Waals surface area contributed by atoms with Gasteiger partial charge in [0.1, 0.15) is 30.0 Å². The number of benzene rings is 3. The summed E-state index contributed by atoms with van der Waals surface area (Å²) in [5, 5.41) is 9.10. The van der Waals surface area contributed by atoms with Crippen molar-refractivity contribution in [3.63, 3.8) is 0 Å². The molecule has 0 fully saturated rings. The van der Waals surface area contributed by atoms with Crippen LogP contribution < -0.4 is 10.1 Å². The van der Waals surface area contributed by atoms with Crippen LogP contribution in [-0.4, -0.2) is 14.8 Å². The Hall–Kier alpha value is -3.35. The van der Waals surface area contributed by atoms with Crippen molar-refractivity contribution in [2.45, 2.75) is 12.1 Å². The molecule has 3 aromatic carbocycles.